The third kappa shape index (κ3) is 9.38. The predicted molar refractivity (Wildman–Crippen MR) is 181 cm³/mol. The van der Waals surface area contributed by atoms with Crippen molar-refractivity contribution in [3.63, 3.8) is 0 Å². The maximum atomic E-state index is 14.5. The first-order chi connectivity index (χ1) is 22.7. The number of hydrogen-bond acceptors (Lipinski definition) is 4. The molecule has 4 rings (SSSR count). The summed E-state index contributed by atoms with van der Waals surface area (Å²) >= 11 is 6.37. The van der Waals surface area contributed by atoms with E-state index >= 15 is 0 Å². The molecule has 0 fully saturated rings. The monoisotopic (exact) mass is 699 g/mol. The Hall–Kier alpha value is -4.35. The molecule has 0 bridgehead atoms. The van der Waals surface area contributed by atoms with Crippen LogP contribution in [-0.2, 0) is 38.8 Å². The van der Waals surface area contributed by atoms with Crippen molar-refractivity contribution in [2.24, 2.45) is 5.92 Å². The fourth-order valence-electron chi connectivity index (χ4n) is 4.98. The van der Waals surface area contributed by atoms with Gasteiger partial charge in [-0.2, -0.15) is 13.2 Å². The molecule has 0 spiro atoms. The zero-order valence-corrected chi connectivity index (χ0v) is 28.3. The molecule has 0 aliphatic rings. The molecular formula is C36H37ClF3N3O4S. The Morgan fingerprint density at radius 2 is 1.46 bits per heavy atom. The normalized spacial score (nSPS) is 12.4. The van der Waals surface area contributed by atoms with Crippen molar-refractivity contribution in [2.45, 2.75) is 50.9 Å². The molecule has 0 aliphatic carbocycles. The van der Waals surface area contributed by atoms with Crippen molar-refractivity contribution in [1.29, 1.82) is 0 Å². The van der Waals surface area contributed by atoms with Crippen LogP contribution >= 0.6 is 11.6 Å². The molecule has 4 aromatic carbocycles. The highest BCUT2D eigenvalue weighted by Gasteiger charge is 2.37. The van der Waals surface area contributed by atoms with E-state index in [0.29, 0.717) is 22.5 Å². The Labute approximate surface area is 284 Å². The molecule has 254 valence electrons. The van der Waals surface area contributed by atoms with Crippen LogP contribution in [0.2, 0.25) is 5.02 Å². The van der Waals surface area contributed by atoms with Gasteiger partial charge in [0.2, 0.25) is 11.8 Å². The average molecular weight is 700 g/mol. The van der Waals surface area contributed by atoms with Crippen LogP contribution in [0.4, 0.5) is 18.9 Å². The van der Waals surface area contributed by atoms with Crippen molar-refractivity contribution >= 4 is 39.1 Å². The Morgan fingerprint density at radius 1 is 0.854 bits per heavy atom. The number of sulfonamides is 1. The fraction of sp³-hybridized carbons (Fsp3) is 0.278. The van der Waals surface area contributed by atoms with Gasteiger partial charge in [-0.15, -0.1) is 0 Å². The highest BCUT2D eigenvalue weighted by Crippen LogP contribution is 2.37. The lowest BCUT2D eigenvalue weighted by molar-refractivity contribution is -0.140. The molecule has 7 nitrogen and oxygen atoms in total. The van der Waals surface area contributed by atoms with E-state index in [1.54, 1.807) is 30.3 Å². The molecular weight excluding hydrogens is 663 g/mol. The van der Waals surface area contributed by atoms with E-state index in [2.05, 4.69) is 5.32 Å². The number of carbonyl (C=O) groups excluding carboxylic acids is 2. The Balaban J connectivity index is 1.86. The molecule has 0 aliphatic heterocycles. The van der Waals surface area contributed by atoms with Crippen LogP contribution in [0.15, 0.2) is 108 Å². The van der Waals surface area contributed by atoms with Crippen LogP contribution in [0.1, 0.15) is 36.1 Å². The number of carbonyl (C=O) groups is 2. The first-order valence-corrected chi connectivity index (χ1v) is 17.1. The summed E-state index contributed by atoms with van der Waals surface area (Å²) in [4.78, 5) is 29.4. The number of nitrogens with zero attached hydrogens (tertiary/aromatic N) is 2. The van der Waals surface area contributed by atoms with Gasteiger partial charge >= 0.3 is 6.18 Å². The lowest BCUT2D eigenvalue weighted by Crippen LogP contribution is -2.53. The van der Waals surface area contributed by atoms with Gasteiger partial charge in [-0.3, -0.25) is 13.9 Å². The second kappa shape index (κ2) is 15.7. The van der Waals surface area contributed by atoms with Crippen LogP contribution in [-0.4, -0.2) is 44.3 Å². The first kappa shape index (κ1) is 36.5. The van der Waals surface area contributed by atoms with Crippen LogP contribution in [0.25, 0.3) is 0 Å². The Bertz CT molecular complexity index is 1800. The molecule has 1 N–H and O–H groups in total. The van der Waals surface area contributed by atoms with Crippen molar-refractivity contribution in [2.75, 3.05) is 17.4 Å². The minimum Gasteiger partial charge on any atom is -0.354 e. The van der Waals surface area contributed by atoms with Gasteiger partial charge in [-0.1, -0.05) is 104 Å². The number of nitrogens with one attached hydrogen (secondary N) is 1. The second-order valence-corrected chi connectivity index (χ2v) is 14.1. The highest BCUT2D eigenvalue weighted by atomic mass is 35.5. The van der Waals surface area contributed by atoms with Gasteiger partial charge in [0.05, 0.1) is 21.2 Å². The summed E-state index contributed by atoms with van der Waals surface area (Å²) in [5, 5.41) is 2.59. The average Bonchev–Trinajstić information content (AvgIpc) is 3.05. The summed E-state index contributed by atoms with van der Waals surface area (Å²) < 4.78 is 70.3. The zero-order chi connectivity index (χ0) is 35.1. The van der Waals surface area contributed by atoms with Crippen molar-refractivity contribution < 1.29 is 31.2 Å². The Morgan fingerprint density at radius 3 is 2.04 bits per heavy atom. The molecule has 12 heteroatoms. The topological polar surface area (TPSA) is 86.8 Å². The molecule has 0 heterocycles. The summed E-state index contributed by atoms with van der Waals surface area (Å²) in [6, 6.07) is 24.6. The number of anilines is 1. The smallest absolute Gasteiger partial charge is 0.354 e. The Kier molecular flexibility index (Phi) is 11.9. The number of amides is 2. The lowest BCUT2D eigenvalue weighted by atomic mass is 10.0. The molecule has 0 saturated heterocycles. The molecule has 2 amide bonds. The van der Waals surface area contributed by atoms with Gasteiger partial charge in [0.15, 0.2) is 0 Å². The SMILES string of the molecule is Cc1ccc(CN(C(=O)CN(c2cc(C(F)(F)F)ccc2Cl)S(=O)(=O)c2ccccc2)[C@H](Cc2ccccc2)C(=O)NCC(C)C)cc1. The fourth-order valence-corrected chi connectivity index (χ4v) is 6.70. The van der Waals surface area contributed by atoms with E-state index in [4.69, 9.17) is 11.6 Å². The minimum atomic E-state index is -4.82. The number of alkyl halides is 3. The van der Waals surface area contributed by atoms with Crippen molar-refractivity contribution in [3.8, 4) is 0 Å². The maximum absolute atomic E-state index is 14.5. The molecule has 1 atom stereocenters. The van der Waals surface area contributed by atoms with Gasteiger partial charge in [0.25, 0.3) is 10.0 Å². The lowest BCUT2D eigenvalue weighted by Gasteiger charge is -2.34. The van der Waals surface area contributed by atoms with E-state index < -0.39 is 51.9 Å². The van der Waals surface area contributed by atoms with Gasteiger partial charge in [-0.25, -0.2) is 8.42 Å². The van der Waals surface area contributed by atoms with Gasteiger partial charge in [0, 0.05) is 19.5 Å². The van der Waals surface area contributed by atoms with Gasteiger partial charge < -0.3 is 10.2 Å². The molecule has 0 saturated carbocycles. The van der Waals surface area contributed by atoms with Crippen LogP contribution < -0.4 is 9.62 Å². The third-order valence-corrected chi connectivity index (χ3v) is 9.67. The summed E-state index contributed by atoms with van der Waals surface area (Å²) in [5.41, 5.74) is 0.709. The number of hydrogen-bond donors (Lipinski definition) is 1. The van der Waals surface area contributed by atoms with Crippen LogP contribution in [0, 0.1) is 12.8 Å². The predicted octanol–water partition coefficient (Wildman–Crippen LogP) is 7.27. The van der Waals surface area contributed by atoms with E-state index in [0.717, 1.165) is 23.3 Å². The highest BCUT2D eigenvalue weighted by molar-refractivity contribution is 7.92. The van der Waals surface area contributed by atoms with E-state index in [-0.39, 0.29) is 28.8 Å². The number of aryl methyl sites for hydroxylation is 1. The number of benzene rings is 4. The molecule has 4 aromatic rings. The van der Waals surface area contributed by atoms with Gasteiger partial charge in [0.1, 0.15) is 12.6 Å². The summed E-state index contributed by atoms with van der Waals surface area (Å²) in [5.74, 6) is -1.17. The molecule has 0 unspecified atom stereocenters. The second-order valence-electron chi connectivity index (χ2n) is 11.8. The maximum Gasteiger partial charge on any atom is 0.416 e. The van der Waals surface area contributed by atoms with E-state index in [9.17, 15) is 31.2 Å². The summed E-state index contributed by atoms with van der Waals surface area (Å²) in [7, 11) is -4.64. The number of halogens is 4. The third-order valence-electron chi connectivity index (χ3n) is 7.58. The molecule has 48 heavy (non-hydrogen) atoms. The zero-order valence-electron chi connectivity index (χ0n) is 26.7. The largest absolute Gasteiger partial charge is 0.416 e. The summed E-state index contributed by atoms with van der Waals surface area (Å²) in [6.45, 7) is 5.05. The van der Waals surface area contributed by atoms with E-state index in [1.165, 1.54) is 29.2 Å². The minimum absolute atomic E-state index is 0.0821. The summed E-state index contributed by atoms with van der Waals surface area (Å²) in [6.07, 6.45) is -4.73. The quantitative estimate of drug-likeness (QED) is 0.159. The van der Waals surface area contributed by atoms with Crippen molar-refractivity contribution in [1.82, 2.24) is 10.2 Å². The molecule has 0 aromatic heterocycles. The van der Waals surface area contributed by atoms with Crippen molar-refractivity contribution in [3.05, 3.63) is 130 Å². The number of rotatable bonds is 13. The van der Waals surface area contributed by atoms with Crippen LogP contribution in [0.5, 0.6) is 0 Å². The van der Waals surface area contributed by atoms with Gasteiger partial charge in [-0.05, 0) is 54.3 Å². The van der Waals surface area contributed by atoms with Crippen LogP contribution in [0.3, 0.4) is 0 Å². The standard InChI is InChI=1S/C36H37ClF3N3O4S/c1-25(2)22-41-35(45)33(20-27-10-6-4-7-11-27)42(23-28-16-14-26(3)15-17-28)34(44)24-43(48(46,47)30-12-8-5-9-13-30)32-21-29(36(38,39)40)18-19-31(32)37/h4-19,21,25,33H,20,22-24H2,1-3H3,(H,41,45)/t33-/m1/s1. The first-order valence-electron chi connectivity index (χ1n) is 15.3. The van der Waals surface area contributed by atoms with E-state index in [1.807, 2.05) is 51.1 Å². The molecule has 0 radical (unpaired) electrons.